The first-order valence-corrected chi connectivity index (χ1v) is 9.33. The maximum absolute atomic E-state index is 13.3. The lowest BCUT2D eigenvalue weighted by Crippen LogP contribution is -2.36. The Labute approximate surface area is 151 Å². The highest BCUT2D eigenvalue weighted by molar-refractivity contribution is 5.17. The number of likely N-dealkylation sites (tertiary alicyclic amines) is 1. The first kappa shape index (κ1) is 17.3. The number of piperidine rings is 1. The molecule has 6 heteroatoms. The normalized spacial score (nSPS) is 19.0. The van der Waals surface area contributed by atoms with Gasteiger partial charge in [-0.15, -0.1) is 0 Å². The second-order valence-corrected chi connectivity index (χ2v) is 7.52. The quantitative estimate of drug-likeness (QED) is 0.822. The molecule has 2 fully saturated rings. The summed E-state index contributed by atoms with van der Waals surface area (Å²) in [5.41, 5.74) is 1.80. The molecule has 2 aliphatic rings. The van der Waals surface area contributed by atoms with Gasteiger partial charge < -0.3 is 0 Å². The van der Waals surface area contributed by atoms with Gasteiger partial charge in [0, 0.05) is 25.1 Å². The third kappa shape index (κ3) is 4.01. The van der Waals surface area contributed by atoms with E-state index < -0.39 is 11.6 Å². The molecule has 2 aromatic rings. The Kier molecular flexibility index (Phi) is 4.85. The molecule has 138 valence electrons. The van der Waals surface area contributed by atoms with Crippen molar-refractivity contribution in [2.45, 2.75) is 44.7 Å². The van der Waals surface area contributed by atoms with Crippen molar-refractivity contribution < 1.29 is 8.78 Å². The standard InChI is InChI=1S/C20H23F2N3O/c21-17-4-1-15(11-18(17)22)12-24-9-7-14(8-10-24)13-25-20(26)6-5-19(23-25)16-2-3-16/h1,4-6,11,14,16H,2-3,7-10,12-13H2. The minimum atomic E-state index is -0.807. The van der Waals surface area contributed by atoms with Crippen LogP contribution in [0.25, 0.3) is 0 Å². The van der Waals surface area contributed by atoms with E-state index in [0.717, 1.165) is 37.2 Å². The van der Waals surface area contributed by atoms with Crippen molar-refractivity contribution in [2.75, 3.05) is 13.1 Å². The van der Waals surface area contributed by atoms with Gasteiger partial charge >= 0.3 is 0 Å². The lowest BCUT2D eigenvalue weighted by atomic mass is 9.96. The molecule has 26 heavy (non-hydrogen) atoms. The van der Waals surface area contributed by atoms with E-state index in [4.69, 9.17) is 0 Å². The van der Waals surface area contributed by atoms with Crippen molar-refractivity contribution >= 4 is 0 Å². The fourth-order valence-corrected chi connectivity index (χ4v) is 3.66. The smallest absolute Gasteiger partial charge is 0.266 e. The molecule has 0 bridgehead atoms. The average molecular weight is 359 g/mol. The average Bonchev–Trinajstić information content (AvgIpc) is 3.47. The van der Waals surface area contributed by atoms with Gasteiger partial charge in [-0.1, -0.05) is 6.07 Å². The predicted molar refractivity (Wildman–Crippen MR) is 94.8 cm³/mol. The zero-order valence-corrected chi connectivity index (χ0v) is 14.7. The summed E-state index contributed by atoms with van der Waals surface area (Å²) in [5.74, 6) is -0.632. The summed E-state index contributed by atoms with van der Waals surface area (Å²) in [6.45, 7) is 3.07. The van der Waals surface area contributed by atoms with Crippen LogP contribution in [0.15, 0.2) is 35.1 Å². The molecule has 0 atom stereocenters. The maximum Gasteiger partial charge on any atom is 0.266 e. The van der Waals surface area contributed by atoms with Crippen molar-refractivity contribution in [3.63, 3.8) is 0 Å². The largest absolute Gasteiger partial charge is 0.299 e. The second kappa shape index (κ2) is 7.27. The van der Waals surface area contributed by atoms with Crippen LogP contribution in [0.5, 0.6) is 0 Å². The van der Waals surface area contributed by atoms with Crippen molar-refractivity contribution in [2.24, 2.45) is 5.92 Å². The molecule has 0 N–H and O–H groups in total. The molecule has 0 radical (unpaired) electrons. The van der Waals surface area contributed by atoms with Gasteiger partial charge in [0.25, 0.3) is 5.56 Å². The Morgan fingerprint density at radius 3 is 2.46 bits per heavy atom. The summed E-state index contributed by atoms with van der Waals surface area (Å²) >= 11 is 0. The maximum atomic E-state index is 13.3. The predicted octanol–water partition coefficient (Wildman–Crippen LogP) is 3.31. The van der Waals surface area contributed by atoms with Gasteiger partial charge in [0.1, 0.15) is 0 Å². The Hall–Kier alpha value is -2.08. The third-order valence-electron chi connectivity index (χ3n) is 5.41. The molecular weight excluding hydrogens is 336 g/mol. The van der Waals surface area contributed by atoms with Gasteiger partial charge in [0.05, 0.1) is 5.69 Å². The van der Waals surface area contributed by atoms with Gasteiger partial charge in [0.2, 0.25) is 0 Å². The zero-order chi connectivity index (χ0) is 18.1. The number of hydrogen-bond acceptors (Lipinski definition) is 3. The zero-order valence-electron chi connectivity index (χ0n) is 14.7. The lowest BCUT2D eigenvalue weighted by Gasteiger charge is -2.32. The van der Waals surface area contributed by atoms with Crippen LogP contribution in [-0.4, -0.2) is 27.8 Å². The molecule has 1 aliphatic heterocycles. The van der Waals surface area contributed by atoms with Crippen LogP contribution in [0.1, 0.15) is 42.9 Å². The number of nitrogens with zero attached hydrogens (tertiary/aromatic N) is 3. The van der Waals surface area contributed by atoms with E-state index in [1.807, 2.05) is 6.07 Å². The Balaban J connectivity index is 1.33. The van der Waals surface area contributed by atoms with Crippen LogP contribution in [0.3, 0.4) is 0 Å². The molecule has 0 amide bonds. The SMILES string of the molecule is O=c1ccc(C2CC2)nn1CC1CCN(Cc2ccc(F)c(F)c2)CC1. The number of hydrogen-bond donors (Lipinski definition) is 0. The Bertz CT molecular complexity index is 839. The van der Waals surface area contributed by atoms with E-state index >= 15 is 0 Å². The molecule has 0 spiro atoms. The van der Waals surface area contributed by atoms with Crippen LogP contribution < -0.4 is 5.56 Å². The Morgan fingerprint density at radius 2 is 1.77 bits per heavy atom. The summed E-state index contributed by atoms with van der Waals surface area (Å²) in [5, 5.41) is 4.55. The third-order valence-corrected chi connectivity index (χ3v) is 5.41. The van der Waals surface area contributed by atoms with E-state index in [1.165, 1.54) is 25.0 Å². The highest BCUT2D eigenvalue weighted by Gasteiger charge is 2.26. The Morgan fingerprint density at radius 1 is 1.00 bits per heavy atom. The summed E-state index contributed by atoms with van der Waals surface area (Å²) < 4.78 is 28.0. The van der Waals surface area contributed by atoms with E-state index in [2.05, 4.69) is 10.00 Å². The first-order chi connectivity index (χ1) is 12.6. The minimum absolute atomic E-state index is 0.0291. The molecular formula is C20H23F2N3O. The monoisotopic (exact) mass is 359 g/mol. The van der Waals surface area contributed by atoms with Crippen LogP contribution in [0.4, 0.5) is 8.78 Å². The summed E-state index contributed by atoms with van der Waals surface area (Å²) in [4.78, 5) is 14.3. The molecule has 1 aromatic heterocycles. The summed E-state index contributed by atoms with van der Waals surface area (Å²) in [6, 6.07) is 7.59. The van der Waals surface area contributed by atoms with Gasteiger partial charge in [-0.3, -0.25) is 9.69 Å². The molecule has 4 rings (SSSR count). The molecule has 2 heterocycles. The highest BCUT2D eigenvalue weighted by Crippen LogP contribution is 2.38. The van der Waals surface area contributed by atoms with Gasteiger partial charge in [-0.25, -0.2) is 13.5 Å². The van der Waals surface area contributed by atoms with Gasteiger partial charge in [-0.05, 0) is 68.5 Å². The number of benzene rings is 1. The van der Waals surface area contributed by atoms with Crippen LogP contribution >= 0.6 is 0 Å². The van der Waals surface area contributed by atoms with Crippen molar-refractivity contribution in [3.8, 4) is 0 Å². The summed E-state index contributed by atoms with van der Waals surface area (Å²) in [7, 11) is 0. The minimum Gasteiger partial charge on any atom is -0.299 e. The fourth-order valence-electron chi connectivity index (χ4n) is 3.66. The fraction of sp³-hybridized carbons (Fsp3) is 0.500. The lowest BCUT2D eigenvalue weighted by molar-refractivity contribution is 0.163. The highest BCUT2D eigenvalue weighted by atomic mass is 19.2. The van der Waals surface area contributed by atoms with Crippen LogP contribution in [0, 0.1) is 17.6 Å². The summed E-state index contributed by atoms with van der Waals surface area (Å²) in [6.07, 6.45) is 4.30. The van der Waals surface area contributed by atoms with Crippen molar-refractivity contribution in [1.82, 2.24) is 14.7 Å². The topological polar surface area (TPSA) is 38.1 Å². The van der Waals surface area contributed by atoms with Crippen LogP contribution in [0.2, 0.25) is 0 Å². The van der Waals surface area contributed by atoms with E-state index in [1.54, 1.807) is 16.8 Å². The number of aromatic nitrogens is 2. The second-order valence-electron chi connectivity index (χ2n) is 7.52. The molecule has 0 unspecified atom stereocenters. The number of rotatable bonds is 5. The van der Waals surface area contributed by atoms with Crippen molar-refractivity contribution in [1.29, 1.82) is 0 Å². The van der Waals surface area contributed by atoms with E-state index in [0.29, 0.717) is 24.9 Å². The van der Waals surface area contributed by atoms with Crippen LogP contribution in [-0.2, 0) is 13.1 Å². The number of halogens is 2. The molecule has 1 saturated carbocycles. The van der Waals surface area contributed by atoms with E-state index in [-0.39, 0.29) is 5.56 Å². The molecule has 1 saturated heterocycles. The molecule has 1 aliphatic carbocycles. The van der Waals surface area contributed by atoms with Crippen molar-refractivity contribution in [3.05, 3.63) is 63.6 Å². The molecule has 1 aromatic carbocycles. The van der Waals surface area contributed by atoms with Gasteiger partial charge in [0.15, 0.2) is 11.6 Å². The first-order valence-electron chi connectivity index (χ1n) is 9.33. The van der Waals surface area contributed by atoms with Gasteiger partial charge in [-0.2, -0.15) is 5.10 Å². The van der Waals surface area contributed by atoms with E-state index in [9.17, 15) is 13.6 Å². The molecule has 4 nitrogen and oxygen atoms in total.